The molecule has 4 aliphatic carbocycles. The van der Waals surface area contributed by atoms with Crippen LogP contribution >= 0.6 is 0 Å². The standard InChI is InChI=1S/C19H26O2/c1-18-10-9-16-14(15(18)7-8-17(18)21)6-4-12-3-5-13(20)11-19(12,16)2/h3,14-16H,4-11H2,1-2H3/t14-,15-,16+,18-,19-/m0/s1. The van der Waals surface area contributed by atoms with E-state index >= 15 is 0 Å². The van der Waals surface area contributed by atoms with Crippen molar-refractivity contribution >= 4 is 11.6 Å². The molecule has 0 aromatic carbocycles. The van der Waals surface area contributed by atoms with Gasteiger partial charge in [0.25, 0.3) is 0 Å². The van der Waals surface area contributed by atoms with Gasteiger partial charge in [-0.3, -0.25) is 9.59 Å². The van der Waals surface area contributed by atoms with Crippen molar-refractivity contribution < 1.29 is 9.59 Å². The van der Waals surface area contributed by atoms with E-state index in [-0.39, 0.29) is 10.8 Å². The lowest BCUT2D eigenvalue weighted by Gasteiger charge is -2.56. The van der Waals surface area contributed by atoms with Gasteiger partial charge in [0.2, 0.25) is 0 Å². The summed E-state index contributed by atoms with van der Waals surface area (Å²) in [6.07, 6.45) is 10.1. The lowest BCUT2D eigenvalue weighted by molar-refractivity contribution is -0.134. The van der Waals surface area contributed by atoms with Gasteiger partial charge in [0.1, 0.15) is 11.6 Å². The first-order valence-corrected chi connectivity index (χ1v) is 8.70. The third-order valence-electron chi connectivity index (χ3n) is 7.59. The Balaban J connectivity index is 1.71. The molecule has 0 unspecified atom stereocenters. The summed E-state index contributed by atoms with van der Waals surface area (Å²) < 4.78 is 0. The van der Waals surface area contributed by atoms with Crippen molar-refractivity contribution in [3.8, 4) is 0 Å². The molecule has 0 aliphatic heterocycles. The average molecular weight is 286 g/mol. The van der Waals surface area contributed by atoms with Gasteiger partial charge >= 0.3 is 0 Å². The first-order valence-electron chi connectivity index (χ1n) is 8.70. The van der Waals surface area contributed by atoms with Gasteiger partial charge in [-0.05, 0) is 55.3 Å². The first-order chi connectivity index (χ1) is 9.95. The zero-order valence-corrected chi connectivity index (χ0v) is 13.3. The summed E-state index contributed by atoms with van der Waals surface area (Å²) in [6, 6.07) is 0. The maximum Gasteiger partial charge on any atom is 0.139 e. The Bertz CT molecular complexity index is 546. The summed E-state index contributed by atoms with van der Waals surface area (Å²) >= 11 is 0. The lowest BCUT2D eigenvalue weighted by atomic mass is 9.47. The minimum Gasteiger partial charge on any atom is -0.299 e. The zero-order valence-electron chi connectivity index (χ0n) is 13.3. The Hall–Kier alpha value is -0.920. The Kier molecular flexibility index (Phi) is 2.81. The van der Waals surface area contributed by atoms with E-state index in [4.69, 9.17) is 0 Å². The molecule has 3 fully saturated rings. The van der Waals surface area contributed by atoms with E-state index in [1.807, 2.05) is 0 Å². The van der Waals surface area contributed by atoms with Crippen molar-refractivity contribution in [2.24, 2.45) is 28.6 Å². The van der Waals surface area contributed by atoms with Crippen LogP contribution < -0.4 is 0 Å². The molecule has 2 heteroatoms. The molecule has 0 aromatic heterocycles. The van der Waals surface area contributed by atoms with Gasteiger partial charge in [-0.1, -0.05) is 25.5 Å². The van der Waals surface area contributed by atoms with E-state index < -0.39 is 0 Å². The predicted molar refractivity (Wildman–Crippen MR) is 81.7 cm³/mol. The summed E-state index contributed by atoms with van der Waals surface area (Å²) in [5, 5.41) is 0. The highest BCUT2D eigenvalue weighted by Crippen LogP contribution is 2.64. The van der Waals surface area contributed by atoms with Crippen molar-refractivity contribution in [2.45, 2.75) is 65.2 Å². The molecule has 0 aromatic rings. The van der Waals surface area contributed by atoms with Crippen LogP contribution in [-0.4, -0.2) is 11.6 Å². The van der Waals surface area contributed by atoms with Crippen LogP contribution in [0.4, 0.5) is 0 Å². The summed E-state index contributed by atoms with van der Waals surface area (Å²) in [6.45, 7) is 4.56. The number of ketones is 2. The van der Waals surface area contributed by atoms with E-state index in [2.05, 4.69) is 19.9 Å². The fourth-order valence-corrected chi connectivity index (χ4v) is 6.40. The summed E-state index contributed by atoms with van der Waals surface area (Å²) in [4.78, 5) is 24.4. The highest BCUT2D eigenvalue weighted by atomic mass is 16.1. The molecule has 0 bridgehead atoms. The highest BCUT2D eigenvalue weighted by molar-refractivity contribution is 5.87. The van der Waals surface area contributed by atoms with Crippen molar-refractivity contribution in [3.63, 3.8) is 0 Å². The van der Waals surface area contributed by atoms with E-state index in [1.54, 1.807) is 5.57 Å². The van der Waals surface area contributed by atoms with Crippen LogP contribution in [-0.2, 0) is 9.59 Å². The number of Topliss-reactive ketones (excluding diaryl/α,β-unsaturated/α-hetero) is 2. The monoisotopic (exact) mass is 286 g/mol. The molecule has 5 atom stereocenters. The van der Waals surface area contributed by atoms with E-state index in [1.165, 1.54) is 6.42 Å². The van der Waals surface area contributed by atoms with Gasteiger partial charge in [0.05, 0.1) is 0 Å². The molecule has 0 amide bonds. The molecule has 21 heavy (non-hydrogen) atoms. The first kappa shape index (κ1) is 13.7. The Morgan fingerprint density at radius 1 is 1.00 bits per heavy atom. The van der Waals surface area contributed by atoms with Crippen LogP contribution in [0.15, 0.2) is 11.6 Å². The van der Waals surface area contributed by atoms with Crippen LogP contribution in [0.5, 0.6) is 0 Å². The molecule has 0 saturated heterocycles. The Labute approximate surface area is 127 Å². The summed E-state index contributed by atoms with van der Waals surface area (Å²) in [7, 11) is 0. The molecule has 4 aliphatic rings. The van der Waals surface area contributed by atoms with Crippen LogP contribution in [0.3, 0.4) is 0 Å². The van der Waals surface area contributed by atoms with Crippen LogP contribution in [0.25, 0.3) is 0 Å². The number of carbonyl (C=O) groups is 2. The molecular formula is C19H26O2. The Morgan fingerprint density at radius 3 is 2.57 bits per heavy atom. The highest BCUT2D eigenvalue weighted by Gasteiger charge is 2.59. The molecule has 0 heterocycles. The SMILES string of the molecule is C[C@]12CC(=O)CC=C1CC[C@@H]1[C@H]2CC[C@]2(C)C(=O)CC[C@@H]12. The quantitative estimate of drug-likeness (QED) is 0.629. The smallest absolute Gasteiger partial charge is 0.139 e. The fourth-order valence-electron chi connectivity index (χ4n) is 6.40. The Morgan fingerprint density at radius 2 is 1.76 bits per heavy atom. The zero-order chi connectivity index (χ0) is 14.8. The molecule has 2 nitrogen and oxygen atoms in total. The molecular weight excluding hydrogens is 260 g/mol. The largest absolute Gasteiger partial charge is 0.299 e. The number of hydrogen-bond donors (Lipinski definition) is 0. The van der Waals surface area contributed by atoms with Gasteiger partial charge in [-0.15, -0.1) is 0 Å². The van der Waals surface area contributed by atoms with Crippen molar-refractivity contribution in [3.05, 3.63) is 11.6 Å². The topological polar surface area (TPSA) is 34.1 Å². The lowest BCUT2D eigenvalue weighted by Crippen LogP contribution is -2.50. The van der Waals surface area contributed by atoms with Gasteiger partial charge in [0, 0.05) is 24.7 Å². The number of carbonyl (C=O) groups excluding carboxylic acids is 2. The van der Waals surface area contributed by atoms with E-state index in [9.17, 15) is 9.59 Å². The van der Waals surface area contributed by atoms with Crippen LogP contribution in [0, 0.1) is 28.6 Å². The molecule has 0 N–H and O–H groups in total. The van der Waals surface area contributed by atoms with Gasteiger partial charge < -0.3 is 0 Å². The number of rotatable bonds is 0. The number of allylic oxidation sites excluding steroid dienone is 2. The molecule has 4 rings (SSSR count). The van der Waals surface area contributed by atoms with Crippen molar-refractivity contribution in [2.75, 3.05) is 0 Å². The number of hydrogen-bond acceptors (Lipinski definition) is 2. The second-order valence-corrected chi connectivity index (χ2v) is 8.40. The molecule has 0 radical (unpaired) electrons. The predicted octanol–water partition coefficient (Wildman–Crippen LogP) is 4.09. The average Bonchev–Trinajstić information content (AvgIpc) is 2.74. The molecule has 3 saturated carbocycles. The van der Waals surface area contributed by atoms with Crippen LogP contribution in [0.1, 0.15) is 65.2 Å². The minimum atomic E-state index is -0.0442. The van der Waals surface area contributed by atoms with E-state index in [0.29, 0.717) is 35.7 Å². The van der Waals surface area contributed by atoms with Crippen LogP contribution in [0.2, 0.25) is 0 Å². The fraction of sp³-hybridized carbons (Fsp3) is 0.789. The van der Waals surface area contributed by atoms with Crippen molar-refractivity contribution in [1.29, 1.82) is 0 Å². The second-order valence-electron chi connectivity index (χ2n) is 8.40. The second kappa shape index (κ2) is 4.30. The van der Waals surface area contributed by atoms with Gasteiger partial charge in [0.15, 0.2) is 0 Å². The normalized spacial score (nSPS) is 49.2. The third kappa shape index (κ3) is 1.71. The maximum absolute atomic E-state index is 12.4. The maximum atomic E-state index is 12.4. The summed E-state index contributed by atoms with van der Waals surface area (Å²) in [5.41, 5.74) is 1.61. The van der Waals surface area contributed by atoms with Gasteiger partial charge in [-0.2, -0.15) is 0 Å². The van der Waals surface area contributed by atoms with E-state index in [0.717, 1.165) is 38.5 Å². The minimum absolute atomic E-state index is 0.0442. The van der Waals surface area contributed by atoms with Gasteiger partial charge in [-0.25, -0.2) is 0 Å². The van der Waals surface area contributed by atoms with Crippen molar-refractivity contribution in [1.82, 2.24) is 0 Å². The number of fused-ring (bicyclic) bond motifs is 5. The summed E-state index contributed by atoms with van der Waals surface area (Å²) in [5.74, 6) is 2.81. The molecule has 114 valence electrons. The third-order valence-corrected chi connectivity index (χ3v) is 7.59. The molecule has 0 spiro atoms.